The van der Waals surface area contributed by atoms with E-state index in [2.05, 4.69) is 0 Å². The molecule has 0 bridgehead atoms. The van der Waals surface area contributed by atoms with Gasteiger partial charge in [0.05, 0.1) is 11.3 Å². The van der Waals surface area contributed by atoms with Crippen molar-refractivity contribution < 1.29 is 9.90 Å². The first-order chi connectivity index (χ1) is 14.1. The number of ketones is 1. The Morgan fingerprint density at radius 3 is 1.62 bits per heavy atom. The molecule has 4 aromatic rings. The summed E-state index contributed by atoms with van der Waals surface area (Å²) in [6.07, 6.45) is 0. The second kappa shape index (κ2) is 7.44. The van der Waals surface area contributed by atoms with Crippen LogP contribution in [0.15, 0.2) is 101 Å². The number of benzene rings is 3. The molecule has 0 saturated heterocycles. The summed E-state index contributed by atoms with van der Waals surface area (Å²) in [6.45, 7) is 0. The van der Waals surface area contributed by atoms with E-state index in [9.17, 15) is 19.5 Å². The molecule has 142 valence electrons. The van der Waals surface area contributed by atoms with Crippen LogP contribution in [0.25, 0.3) is 11.4 Å². The van der Waals surface area contributed by atoms with Gasteiger partial charge < -0.3 is 5.11 Å². The van der Waals surface area contributed by atoms with Gasteiger partial charge >= 0.3 is 5.69 Å². The molecule has 0 fully saturated rings. The molecule has 0 spiro atoms. The number of rotatable bonds is 4. The third-order valence-electron chi connectivity index (χ3n) is 4.51. The van der Waals surface area contributed by atoms with Crippen LogP contribution in [-0.4, -0.2) is 14.9 Å². The van der Waals surface area contributed by atoms with Gasteiger partial charge in [0.1, 0.15) is 0 Å². The molecule has 0 aliphatic heterocycles. The fourth-order valence-electron chi connectivity index (χ4n) is 3.13. The Balaban J connectivity index is 2.10. The Morgan fingerprint density at radius 1 is 0.655 bits per heavy atom. The van der Waals surface area contributed by atoms with Gasteiger partial charge in [0.25, 0.3) is 5.56 Å². The Kier molecular flexibility index (Phi) is 4.66. The molecule has 0 unspecified atom stereocenters. The standard InChI is InChI=1S/C23H16N2O4/c26-20(16-10-4-1-5-11-16)19-21(27)24(17-12-6-2-7-13-17)23(29)25(22(19)28)18-14-8-3-9-15-18/h1-15,27H/p-1. The second-order valence-corrected chi connectivity index (χ2v) is 6.30. The van der Waals surface area contributed by atoms with Crippen molar-refractivity contribution in [3.05, 3.63) is 123 Å². The number of nitrogens with zero attached hydrogens (tertiary/aromatic N) is 2. The lowest BCUT2D eigenvalue weighted by atomic mass is 10.1. The Labute approximate surface area is 165 Å². The summed E-state index contributed by atoms with van der Waals surface area (Å²) in [5.41, 5.74) is -1.61. The van der Waals surface area contributed by atoms with E-state index < -0.39 is 28.5 Å². The number of hydrogen-bond donors (Lipinski definition) is 0. The first kappa shape index (κ1) is 18.2. The van der Waals surface area contributed by atoms with Crippen molar-refractivity contribution in [2.45, 2.75) is 0 Å². The van der Waals surface area contributed by atoms with Crippen LogP contribution < -0.4 is 16.4 Å². The molecule has 6 heteroatoms. The third-order valence-corrected chi connectivity index (χ3v) is 4.51. The van der Waals surface area contributed by atoms with Gasteiger partial charge in [-0.25, -0.2) is 9.36 Å². The van der Waals surface area contributed by atoms with Gasteiger partial charge in [-0.3, -0.25) is 14.2 Å². The van der Waals surface area contributed by atoms with Gasteiger partial charge in [-0.1, -0.05) is 66.7 Å². The van der Waals surface area contributed by atoms with Gasteiger partial charge in [0.15, 0.2) is 5.78 Å². The number of hydrogen-bond acceptors (Lipinski definition) is 4. The predicted molar refractivity (Wildman–Crippen MR) is 107 cm³/mol. The molecule has 6 nitrogen and oxygen atoms in total. The van der Waals surface area contributed by atoms with E-state index in [4.69, 9.17) is 0 Å². The molecule has 0 amide bonds. The van der Waals surface area contributed by atoms with E-state index >= 15 is 0 Å². The van der Waals surface area contributed by atoms with Crippen molar-refractivity contribution in [3.8, 4) is 17.3 Å². The van der Waals surface area contributed by atoms with Crippen molar-refractivity contribution in [1.82, 2.24) is 9.13 Å². The minimum Gasteiger partial charge on any atom is -0.859 e. The van der Waals surface area contributed by atoms with Crippen LogP contribution >= 0.6 is 0 Å². The van der Waals surface area contributed by atoms with Gasteiger partial charge in [-0.2, -0.15) is 0 Å². The highest BCUT2D eigenvalue weighted by molar-refractivity contribution is 6.10. The molecule has 1 aromatic heterocycles. The minimum atomic E-state index is -0.938. The monoisotopic (exact) mass is 383 g/mol. The Morgan fingerprint density at radius 2 is 1.10 bits per heavy atom. The summed E-state index contributed by atoms with van der Waals surface area (Å²) in [4.78, 5) is 39.3. The zero-order chi connectivity index (χ0) is 20.4. The fraction of sp³-hybridized carbons (Fsp3) is 0. The quantitative estimate of drug-likeness (QED) is 0.506. The number of para-hydroxylation sites is 2. The first-order valence-corrected chi connectivity index (χ1v) is 8.89. The maximum atomic E-state index is 13.1. The van der Waals surface area contributed by atoms with Crippen molar-refractivity contribution in [2.75, 3.05) is 0 Å². The van der Waals surface area contributed by atoms with Gasteiger partial charge in [0.2, 0.25) is 0 Å². The van der Waals surface area contributed by atoms with Gasteiger partial charge in [-0.15, -0.1) is 0 Å². The molecular formula is C23H15N2O4-. The summed E-state index contributed by atoms with van der Waals surface area (Å²) < 4.78 is 1.70. The van der Waals surface area contributed by atoms with Crippen LogP contribution in [0.2, 0.25) is 0 Å². The maximum absolute atomic E-state index is 13.1. The fourth-order valence-corrected chi connectivity index (χ4v) is 3.13. The van der Waals surface area contributed by atoms with Crippen LogP contribution in [0.4, 0.5) is 0 Å². The van der Waals surface area contributed by atoms with Crippen molar-refractivity contribution in [1.29, 1.82) is 0 Å². The van der Waals surface area contributed by atoms with Crippen molar-refractivity contribution in [2.24, 2.45) is 0 Å². The molecule has 29 heavy (non-hydrogen) atoms. The average Bonchev–Trinajstić information content (AvgIpc) is 2.76. The number of carbonyl (C=O) groups is 1. The lowest BCUT2D eigenvalue weighted by Gasteiger charge is -2.22. The normalized spacial score (nSPS) is 10.6. The Bertz CT molecular complexity index is 1290. The van der Waals surface area contributed by atoms with Crippen LogP contribution in [0.5, 0.6) is 5.88 Å². The molecule has 3 aromatic carbocycles. The summed E-state index contributed by atoms with van der Waals surface area (Å²) >= 11 is 0. The Hall–Kier alpha value is -4.19. The summed E-state index contributed by atoms with van der Waals surface area (Å²) in [6, 6.07) is 24.5. The summed E-state index contributed by atoms with van der Waals surface area (Å²) in [5, 5.41) is 13.1. The van der Waals surface area contributed by atoms with E-state index in [-0.39, 0.29) is 16.9 Å². The highest BCUT2D eigenvalue weighted by Crippen LogP contribution is 2.18. The molecule has 0 saturated carbocycles. The third kappa shape index (κ3) is 3.17. The largest absolute Gasteiger partial charge is 0.859 e. The van der Waals surface area contributed by atoms with Crippen molar-refractivity contribution >= 4 is 5.78 Å². The van der Waals surface area contributed by atoms with E-state index in [1.165, 1.54) is 12.1 Å². The molecule has 0 atom stereocenters. The highest BCUT2D eigenvalue weighted by atomic mass is 16.3. The lowest BCUT2D eigenvalue weighted by Crippen LogP contribution is -2.42. The smallest absolute Gasteiger partial charge is 0.339 e. The van der Waals surface area contributed by atoms with Gasteiger partial charge in [-0.05, 0) is 30.1 Å². The molecule has 0 aliphatic rings. The SMILES string of the molecule is O=C(c1ccccc1)c1c([O-])n(-c2ccccc2)c(=O)n(-c2ccccc2)c1=O. The second-order valence-electron chi connectivity index (χ2n) is 6.30. The van der Waals surface area contributed by atoms with Crippen LogP contribution in [-0.2, 0) is 0 Å². The average molecular weight is 383 g/mol. The van der Waals surface area contributed by atoms with Crippen LogP contribution in [0, 0.1) is 0 Å². The summed E-state index contributed by atoms with van der Waals surface area (Å²) in [5.74, 6) is -1.66. The van der Waals surface area contributed by atoms with E-state index in [0.29, 0.717) is 0 Å². The molecule has 0 aliphatic carbocycles. The van der Waals surface area contributed by atoms with E-state index in [1.807, 2.05) is 0 Å². The van der Waals surface area contributed by atoms with Crippen molar-refractivity contribution in [3.63, 3.8) is 0 Å². The maximum Gasteiger partial charge on any atom is 0.339 e. The molecule has 1 heterocycles. The van der Waals surface area contributed by atoms with E-state index in [1.54, 1.807) is 78.9 Å². The van der Waals surface area contributed by atoms with Crippen LogP contribution in [0.1, 0.15) is 15.9 Å². The van der Waals surface area contributed by atoms with Gasteiger partial charge in [0, 0.05) is 11.3 Å². The lowest BCUT2D eigenvalue weighted by molar-refractivity contribution is -0.278. The summed E-state index contributed by atoms with van der Waals surface area (Å²) in [7, 11) is 0. The zero-order valence-corrected chi connectivity index (χ0v) is 15.2. The number of aromatic nitrogens is 2. The molecule has 0 N–H and O–H groups in total. The van der Waals surface area contributed by atoms with Crippen LogP contribution in [0.3, 0.4) is 0 Å². The van der Waals surface area contributed by atoms with E-state index in [0.717, 1.165) is 9.13 Å². The molecule has 4 rings (SSSR count). The zero-order valence-electron chi connectivity index (χ0n) is 15.2. The molecular weight excluding hydrogens is 368 g/mol. The first-order valence-electron chi connectivity index (χ1n) is 8.89. The number of carbonyl (C=O) groups excluding carboxylic acids is 1. The predicted octanol–water partition coefficient (Wildman–Crippen LogP) is 2.29. The molecule has 0 radical (unpaired) electrons. The minimum absolute atomic E-state index is 0.194. The highest BCUT2D eigenvalue weighted by Gasteiger charge is 2.22. The topological polar surface area (TPSA) is 84.1 Å².